The van der Waals surface area contributed by atoms with E-state index in [9.17, 15) is 14.7 Å². The molecule has 0 aliphatic carbocycles. The molecule has 1 aliphatic heterocycles. The zero-order valence-corrected chi connectivity index (χ0v) is 19.9. The Balaban J connectivity index is 2.04. The number of hydrogen-bond donors (Lipinski definition) is 1. The van der Waals surface area contributed by atoms with Gasteiger partial charge in [-0.15, -0.1) is 0 Å². The molecule has 1 amide bonds. The minimum atomic E-state index is -0.666. The topological polar surface area (TPSA) is 76.1 Å². The van der Waals surface area contributed by atoms with Crippen molar-refractivity contribution in [1.29, 1.82) is 0 Å². The molecule has 176 valence electrons. The molecule has 1 heterocycles. The third kappa shape index (κ3) is 5.21. The van der Waals surface area contributed by atoms with E-state index in [-0.39, 0.29) is 11.3 Å². The van der Waals surface area contributed by atoms with Gasteiger partial charge in [0.2, 0.25) is 0 Å². The van der Waals surface area contributed by atoms with E-state index in [0.717, 1.165) is 35.5 Å². The summed E-state index contributed by atoms with van der Waals surface area (Å²) in [5.74, 6) is 0.0364. The first-order valence-corrected chi connectivity index (χ1v) is 11.7. The van der Waals surface area contributed by atoms with Crippen molar-refractivity contribution >= 4 is 17.4 Å². The number of benzene rings is 2. The maximum atomic E-state index is 13.0. The second-order valence-corrected chi connectivity index (χ2v) is 8.24. The molecule has 0 radical (unpaired) electrons. The van der Waals surface area contributed by atoms with Crippen molar-refractivity contribution in [3.8, 4) is 11.5 Å². The van der Waals surface area contributed by atoms with E-state index >= 15 is 0 Å². The number of carbonyl (C=O) groups is 2. The summed E-state index contributed by atoms with van der Waals surface area (Å²) in [7, 11) is 0. The minimum Gasteiger partial charge on any atom is -0.507 e. The molecular formula is C27H33NO5. The average Bonchev–Trinajstić information content (AvgIpc) is 3.07. The molecule has 1 aliphatic rings. The van der Waals surface area contributed by atoms with Crippen molar-refractivity contribution in [2.24, 2.45) is 0 Å². The number of Topliss-reactive ketones (excluding diaryl/α,β-unsaturated/α-hetero) is 1. The number of aryl methyl sites for hydroxylation is 1. The van der Waals surface area contributed by atoms with Crippen molar-refractivity contribution in [1.82, 2.24) is 4.90 Å². The van der Waals surface area contributed by atoms with Crippen LogP contribution in [0.1, 0.15) is 62.8 Å². The maximum Gasteiger partial charge on any atom is 0.295 e. The predicted octanol–water partition coefficient (Wildman–Crippen LogP) is 5.40. The zero-order valence-electron chi connectivity index (χ0n) is 19.9. The van der Waals surface area contributed by atoms with Crippen molar-refractivity contribution in [2.75, 3.05) is 19.8 Å². The molecule has 1 N–H and O–H groups in total. The van der Waals surface area contributed by atoms with Gasteiger partial charge in [-0.05, 0) is 67.6 Å². The minimum absolute atomic E-state index is 0.109. The second-order valence-electron chi connectivity index (χ2n) is 8.24. The van der Waals surface area contributed by atoms with Crippen LogP contribution in [-0.2, 0) is 9.59 Å². The molecule has 1 unspecified atom stereocenters. The number of ketones is 1. The molecule has 6 nitrogen and oxygen atoms in total. The molecule has 2 aromatic carbocycles. The quantitative estimate of drug-likeness (QED) is 0.297. The number of likely N-dealkylation sites (tertiary alicyclic amines) is 1. The zero-order chi connectivity index (χ0) is 24.0. The number of ether oxygens (including phenoxy) is 2. The molecule has 0 aromatic heterocycles. The van der Waals surface area contributed by atoms with E-state index in [4.69, 9.17) is 9.47 Å². The highest BCUT2D eigenvalue weighted by Gasteiger charge is 2.45. The first-order chi connectivity index (χ1) is 15.9. The maximum absolute atomic E-state index is 13.0. The lowest BCUT2D eigenvalue weighted by Crippen LogP contribution is -2.30. The van der Waals surface area contributed by atoms with E-state index in [0.29, 0.717) is 31.7 Å². The highest BCUT2D eigenvalue weighted by Crippen LogP contribution is 2.40. The average molecular weight is 452 g/mol. The predicted molar refractivity (Wildman–Crippen MR) is 128 cm³/mol. The molecule has 1 fully saturated rings. The van der Waals surface area contributed by atoms with Gasteiger partial charge in [-0.1, -0.05) is 32.9 Å². The van der Waals surface area contributed by atoms with E-state index in [2.05, 4.69) is 0 Å². The lowest BCUT2D eigenvalue weighted by molar-refractivity contribution is -0.139. The first-order valence-electron chi connectivity index (χ1n) is 11.7. The lowest BCUT2D eigenvalue weighted by Gasteiger charge is -2.25. The third-order valence-electron chi connectivity index (χ3n) is 5.58. The van der Waals surface area contributed by atoms with Gasteiger partial charge in [0.15, 0.2) is 0 Å². The molecule has 1 atom stereocenters. The summed E-state index contributed by atoms with van der Waals surface area (Å²) < 4.78 is 11.4. The summed E-state index contributed by atoms with van der Waals surface area (Å²) in [5, 5.41) is 11.2. The Morgan fingerprint density at radius 1 is 0.939 bits per heavy atom. The highest BCUT2D eigenvalue weighted by molar-refractivity contribution is 6.46. The summed E-state index contributed by atoms with van der Waals surface area (Å²) in [4.78, 5) is 27.4. The molecule has 0 saturated carbocycles. The second kappa shape index (κ2) is 11.0. The molecule has 33 heavy (non-hydrogen) atoms. The fourth-order valence-corrected chi connectivity index (χ4v) is 3.99. The van der Waals surface area contributed by atoms with E-state index in [1.165, 1.54) is 0 Å². The van der Waals surface area contributed by atoms with Crippen molar-refractivity contribution in [3.05, 3.63) is 64.7 Å². The fraction of sp³-hybridized carbons (Fsp3) is 0.407. The molecule has 3 rings (SSSR count). The van der Waals surface area contributed by atoms with Crippen LogP contribution in [-0.4, -0.2) is 41.5 Å². The Morgan fingerprint density at radius 3 is 2.21 bits per heavy atom. The van der Waals surface area contributed by atoms with E-state index in [1.807, 2.05) is 52.0 Å². The SMILES string of the molecule is CCCOc1ccc(C2/C(=C(/O)c3ccc(OCCC)c(C)c3)C(=O)C(=O)N2CCC)cc1. The summed E-state index contributed by atoms with van der Waals surface area (Å²) in [6, 6.07) is 12.0. The van der Waals surface area contributed by atoms with E-state index in [1.54, 1.807) is 23.1 Å². The van der Waals surface area contributed by atoms with Gasteiger partial charge in [0.05, 0.1) is 24.8 Å². The number of hydrogen-bond acceptors (Lipinski definition) is 5. The van der Waals surface area contributed by atoms with Crippen LogP contribution in [0.15, 0.2) is 48.0 Å². The van der Waals surface area contributed by atoms with Crippen LogP contribution < -0.4 is 9.47 Å². The molecule has 2 aromatic rings. The molecule has 1 saturated heterocycles. The Hall–Kier alpha value is -3.28. The Labute approximate surface area is 195 Å². The summed E-state index contributed by atoms with van der Waals surface area (Å²) >= 11 is 0. The number of aliphatic hydroxyl groups excluding tert-OH is 1. The summed E-state index contributed by atoms with van der Waals surface area (Å²) in [6.07, 6.45) is 2.49. The summed E-state index contributed by atoms with van der Waals surface area (Å²) in [5.41, 5.74) is 2.20. The molecule has 0 bridgehead atoms. The van der Waals surface area contributed by atoms with Crippen LogP contribution in [0.2, 0.25) is 0 Å². The van der Waals surface area contributed by atoms with Gasteiger partial charge in [0.25, 0.3) is 11.7 Å². The van der Waals surface area contributed by atoms with Crippen LogP contribution in [0.4, 0.5) is 0 Å². The number of carbonyl (C=O) groups excluding carboxylic acids is 2. The van der Waals surface area contributed by atoms with Crippen LogP contribution in [0, 0.1) is 6.92 Å². The third-order valence-corrected chi connectivity index (χ3v) is 5.58. The van der Waals surface area contributed by atoms with Gasteiger partial charge in [0, 0.05) is 12.1 Å². The van der Waals surface area contributed by atoms with Crippen molar-refractivity contribution in [3.63, 3.8) is 0 Å². The van der Waals surface area contributed by atoms with Gasteiger partial charge >= 0.3 is 0 Å². The van der Waals surface area contributed by atoms with Gasteiger partial charge in [-0.2, -0.15) is 0 Å². The van der Waals surface area contributed by atoms with Crippen LogP contribution in [0.5, 0.6) is 11.5 Å². The number of aliphatic hydroxyl groups is 1. The Bertz CT molecular complexity index is 1030. The normalized spacial score (nSPS) is 17.5. The number of amides is 1. The van der Waals surface area contributed by atoms with E-state index < -0.39 is 17.7 Å². The molecule has 6 heteroatoms. The lowest BCUT2D eigenvalue weighted by atomic mass is 9.94. The molecule has 0 spiro atoms. The highest BCUT2D eigenvalue weighted by atomic mass is 16.5. The monoisotopic (exact) mass is 451 g/mol. The largest absolute Gasteiger partial charge is 0.507 e. The number of nitrogens with zero attached hydrogens (tertiary/aromatic N) is 1. The summed E-state index contributed by atoms with van der Waals surface area (Å²) in [6.45, 7) is 9.56. The fourth-order valence-electron chi connectivity index (χ4n) is 3.99. The van der Waals surface area contributed by atoms with Crippen LogP contribution in [0.3, 0.4) is 0 Å². The Kier molecular flexibility index (Phi) is 8.15. The van der Waals surface area contributed by atoms with Crippen molar-refractivity contribution < 1.29 is 24.2 Å². The standard InChI is InChI=1S/C27H33NO5/c1-5-14-28-24(19-8-11-21(12-9-19)32-15-6-2)23(26(30)27(28)31)25(29)20-10-13-22(18(4)17-20)33-16-7-3/h8-13,17,24,29H,5-7,14-16H2,1-4H3/b25-23-. The number of rotatable bonds is 10. The van der Waals surface area contributed by atoms with Crippen LogP contribution >= 0.6 is 0 Å². The van der Waals surface area contributed by atoms with Gasteiger partial charge in [0.1, 0.15) is 17.3 Å². The Morgan fingerprint density at radius 2 is 1.61 bits per heavy atom. The van der Waals surface area contributed by atoms with Gasteiger partial charge < -0.3 is 19.5 Å². The van der Waals surface area contributed by atoms with Crippen molar-refractivity contribution in [2.45, 2.75) is 53.0 Å². The first kappa shape index (κ1) is 24.4. The van der Waals surface area contributed by atoms with Gasteiger partial charge in [-0.25, -0.2) is 0 Å². The smallest absolute Gasteiger partial charge is 0.295 e. The van der Waals surface area contributed by atoms with Crippen LogP contribution in [0.25, 0.3) is 5.76 Å². The van der Waals surface area contributed by atoms with Gasteiger partial charge in [-0.3, -0.25) is 9.59 Å². The molecular weight excluding hydrogens is 418 g/mol.